The summed E-state index contributed by atoms with van der Waals surface area (Å²) in [5.41, 5.74) is 5.40. The topological polar surface area (TPSA) is 63.4 Å². The second-order valence-corrected chi connectivity index (χ2v) is 7.00. The van der Waals surface area contributed by atoms with E-state index in [2.05, 4.69) is 0 Å². The van der Waals surface area contributed by atoms with Gasteiger partial charge in [0.15, 0.2) is 5.82 Å². The van der Waals surface area contributed by atoms with E-state index in [4.69, 9.17) is 41.2 Å². The SMILES string of the molecule is CC(C(N)=S)N(C)S(=O)(=O)c1ccc(Cl)c(F)c1Cl. The summed E-state index contributed by atoms with van der Waals surface area (Å²) in [4.78, 5) is -0.390. The molecule has 1 rings (SSSR count). The van der Waals surface area contributed by atoms with E-state index in [0.717, 1.165) is 16.4 Å². The zero-order valence-electron chi connectivity index (χ0n) is 10.0. The Kier molecular flexibility index (Phi) is 5.14. The Morgan fingerprint density at radius 2 is 2.00 bits per heavy atom. The molecule has 0 aliphatic carbocycles. The van der Waals surface area contributed by atoms with Crippen molar-refractivity contribution in [1.29, 1.82) is 0 Å². The van der Waals surface area contributed by atoms with Gasteiger partial charge in [0.25, 0.3) is 0 Å². The van der Waals surface area contributed by atoms with Gasteiger partial charge in [0, 0.05) is 7.05 Å². The summed E-state index contributed by atoms with van der Waals surface area (Å²) in [7, 11) is -2.74. The minimum Gasteiger partial charge on any atom is -0.392 e. The molecule has 4 nitrogen and oxygen atoms in total. The highest BCUT2D eigenvalue weighted by molar-refractivity contribution is 7.89. The molecule has 0 radical (unpaired) electrons. The first-order chi connectivity index (χ1) is 8.60. The molecular formula is C10H11Cl2FN2O2S2. The monoisotopic (exact) mass is 344 g/mol. The van der Waals surface area contributed by atoms with Crippen LogP contribution in [0.4, 0.5) is 4.39 Å². The minimum absolute atomic E-state index is 0.00312. The number of sulfonamides is 1. The molecule has 0 aliphatic heterocycles. The lowest BCUT2D eigenvalue weighted by atomic mass is 10.3. The van der Waals surface area contributed by atoms with E-state index >= 15 is 0 Å². The van der Waals surface area contributed by atoms with Gasteiger partial charge in [-0.3, -0.25) is 0 Å². The Hall–Kier alpha value is -0.470. The highest BCUT2D eigenvalue weighted by atomic mass is 35.5. The van der Waals surface area contributed by atoms with Gasteiger partial charge in [-0.15, -0.1) is 0 Å². The van der Waals surface area contributed by atoms with Gasteiger partial charge in [0.05, 0.1) is 21.1 Å². The maximum absolute atomic E-state index is 13.5. The summed E-state index contributed by atoms with van der Waals surface area (Å²) in [6.07, 6.45) is 0. The number of nitrogens with two attached hydrogens (primary N) is 1. The van der Waals surface area contributed by atoms with E-state index in [-0.39, 0.29) is 14.9 Å². The molecule has 1 atom stereocenters. The Bertz CT molecular complexity index is 622. The summed E-state index contributed by atoms with van der Waals surface area (Å²) in [5.74, 6) is -0.985. The van der Waals surface area contributed by atoms with Gasteiger partial charge in [-0.2, -0.15) is 4.31 Å². The maximum Gasteiger partial charge on any atom is 0.245 e. The molecule has 0 aromatic heterocycles. The van der Waals surface area contributed by atoms with E-state index < -0.39 is 26.9 Å². The Balaban J connectivity index is 3.37. The molecule has 0 saturated carbocycles. The number of likely N-dealkylation sites (N-methyl/N-ethyl adjacent to an activating group) is 1. The molecule has 0 heterocycles. The van der Waals surface area contributed by atoms with Crippen LogP contribution >= 0.6 is 35.4 Å². The summed E-state index contributed by atoms with van der Waals surface area (Å²) in [6.45, 7) is 1.51. The predicted octanol–water partition coefficient (Wildman–Crippen LogP) is 2.43. The normalized spacial score (nSPS) is 13.6. The van der Waals surface area contributed by atoms with Crippen LogP contribution in [0.2, 0.25) is 10.0 Å². The number of halogens is 3. The van der Waals surface area contributed by atoms with Gasteiger partial charge in [0.2, 0.25) is 10.0 Å². The van der Waals surface area contributed by atoms with Gasteiger partial charge in [-0.25, -0.2) is 12.8 Å². The highest BCUT2D eigenvalue weighted by Crippen LogP contribution is 2.31. The molecule has 0 aliphatic rings. The first-order valence-electron chi connectivity index (χ1n) is 5.01. The molecule has 1 unspecified atom stereocenters. The molecule has 1 aromatic carbocycles. The van der Waals surface area contributed by atoms with Crippen molar-refractivity contribution in [3.63, 3.8) is 0 Å². The van der Waals surface area contributed by atoms with E-state index in [9.17, 15) is 12.8 Å². The van der Waals surface area contributed by atoms with Crippen LogP contribution in [0.15, 0.2) is 17.0 Å². The molecule has 0 amide bonds. The number of nitrogens with zero attached hydrogens (tertiary/aromatic N) is 1. The van der Waals surface area contributed by atoms with E-state index in [1.165, 1.54) is 14.0 Å². The Labute approximate surface area is 126 Å². The van der Waals surface area contributed by atoms with Crippen molar-refractivity contribution >= 4 is 50.4 Å². The third kappa shape index (κ3) is 3.17. The summed E-state index contributed by atoms with van der Waals surface area (Å²) in [5, 5.41) is -0.816. The fraction of sp³-hybridized carbons (Fsp3) is 0.300. The third-order valence-electron chi connectivity index (χ3n) is 2.61. The molecule has 0 fully saturated rings. The highest BCUT2D eigenvalue weighted by Gasteiger charge is 2.30. The fourth-order valence-electron chi connectivity index (χ4n) is 1.25. The molecule has 2 N–H and O–H groups in total. The van der Waals surface area contributed by atoms with Crippen LogP contribution in [0, 0.1) is 5.82 Å². The molecule has 0 bridgehead atoms. The molecular weight excluding hydrogens is 334 g/mol. The molecule has 0 saturated heterocycles. The molecule has 0 spiro atoms. The first-order valence-corrected chi connectivity index (χ1v) is 7.62. The molecule has 1 aromatic rings. The van der Waals surface area contributed by atoms with E-state index in [1.54, 1.807) is 0 Å². The van der Waals surface area contributed by atoms with Gasteiger partial charge in [-0.05, 0) is 19.1 Å². The standard InChI is InChI=1S/C10H11Cl2FN2O2S2/c1-5(10(14)18)15(2)19(16,17)7-4-3-6(11)9(13)8(7)12/h3-5H,1-2H3,(H2,14,18). The Morgan fingerprint density at radius 1 is 1.47 bits per heavy atom. The van der Waals surface area contributed by atoms with Crippen molar-refractivity contribution in [2.24, 2.45) is 5.73 Å². The lowest BCUT2D eigenvalue weighted by molar-refractivity contribution is 0.451. The van der Waals surface area contributed by atoms with Crippen LogP contribution in [0.5, 0.6) is 0 Å². The van der Waals surface area contributed by atoms with Crippen molar-refractivity contribution in [1.82, 2.24) is 4.31 Å². The molecule has 19 heavy (non-hydrogen) atoms. The maximum atomic E-state index is 13.5. The smallest absolute Gasteiger partial charge is 0.245 e. The number of thiocarbonyl (C=S) groups is 1. The fourth-order valence-corrected chi connectivity index (χ4v) is 3.53. The van der Waals surface area contributed by atoms with E-state index in [1.807, 2.05) is 0 Å². The minimum atomic E-state index is -4.02. The van der Waals surface area contributed by atoms with Crippen molar-refractivity contribution in [2.75, 3.05) is 7.05 Å². The predicted molar refractivity (Wildman–Crippen MR) is 77.6 cm³/mol. The van der Waals surface area contributed by atoms with Crippen LogP contribution in [-0.4, -0.2) is 30.8 Å². The van der Waals surface area contributed by atoms with Crippen molar-refractivity contribution in [2.45, 2.75) is 17.9 Å². The summed E-state index contributed by atoms with van der Waals surface area (Å²) >= 11 is 15.9. The van der Waals surface area contributed by atoms with Gasteiger partial charge >= 0.3 is 0 Å². The van der Waals surface area contributed by atoms with Crippen LogP contribution in [0.3, 0.4) is 0 Å². The van der Waals surface area contributed by atoms with Crippen LogP contribution in [0.1, 0.15) is 6.92 Å². The second-order valence-electron chi connectivity index (χ2n) is 3.77. The van der Waals surface area contributed by atoms with Crippen molar-refractivity contribution in [3.05, 3.63) is 28.0 Å². The molecule has 9 heteroatoms. The zero-order chi connectivity index (χ0) is 15.0. The van der Waals surface area contributed by atoms with Gasteiger partial charge < -0.3 is 5.73 Å². The second kappa shape index (κ2) is 5.88. The van der Waals surface area contributed by atoms with Crippen molar-refractivity contribution < 1.29 is 12.8 Å². The lowest BCUT2D eigenvalue weighted by Gasteiger charge is -2.23. The van der Waals surface area contributed by atoms with Crippen molar-refractivity contribution in [3.8, 4) is 0 Å². The van der Waals surface area contributed by atoms with Gasteiger partial charge in [0.1, 0.15) is 4.90 Å². The number of benzene rings is 1. The largest absolute Gasteiger partial charge is 0.392 e. The van der Waals surface area contributed by atoms with Crippen LogP contribution in [-0.2, 0) is 10.0 Å². The quantitative estimate of drug-likeness (QED) is 0.673. The number of rotatable bonds is 4. The lowest BCUT2D eigenvalue weighted by Crippen LogP contribution is -2.42. The first kappa shape index (κ1) is 16.6. The third-order valence-corrected chi connectivity index (χ3v) is 5.70. The average Bonchev–Trinajstić information content (AvgIpc) is 2.33. The number of hydrogen-bond donors (Lipinski definition) is 1. The number of hydrogen-bond acceptors (Lipinski definition) is 3. The Morgan fingerprint density at radius 3 is 2.47 bits per heavy atom. The summed E-state index contributed by atoms with van der Waals surface area (Å²) < 4.78 is 39.0. The van der Waals surface area contributed by atoms with Crippen LogP contribution in [0.25, 0.3) is 0 Å². The summed E-state index contributed by atoms with van der Waals surface area (Å²) in [6, 6.07) is 1.52. The zero-order valence-corrected chi connectivity index (χ0v) is 13.2. The van der Waals surface area contributed by atoms with Crippen LogP contribution < -0.4 is 5.73 Å². The molecule has 106 valence electrons. The van der Waals surface area contributed by atoms with Gasteiger partial charge in [-0.1, -0.05) is 35.4 Å². The average molecular weight is 345 g/mol. The van der Waals surface area contributed by atoms with E-state index in [0.29, 0.717) is 0 Å².